The zero-order valence-electron chi connectivity index (χ0n) is 5.75. The molecular weight excluding hydrogens is 150 g/mol. The van der Waals surface area contributed by atoms with Crippen LogP contribution in [0.25, 0.3) is 0 Å². The average molecular weight is 157 g/mol. The van der Waals surface area contributed by atoms with Crippen LogP contribution in [0.5, 0.6) is 5.19 Å². The molecule has 1 aromatic heterocycles. The summed E-state index contributed by atoms with van der Waals surface area (Å²) < 4.78 is 4.70. The second kappa shape index (κ2) is 2.79. The number of esters is 1. The number of aryl methyl sites for hydroxylation is 1. The second-order valence-corrected chi connectivity index (χ2v) is 2.67. The van der Waals surface area contributed by atoms with E-state index in [-0.39, 0.29) is 5.97 Å². The van der Waals surface area contributed by atoms with Crippen LogP contribution < -0.4 is 4.74 Å². The summed E-state index contributed by atoms with van der Waals surface area (Å²) in [5.74, 6) is -0.325. The molecule has 0 aliphatic heterocycles. The van der Waals surface area contributed by atoms with Gasteiger partial charge >= 0.3 is 5.97 Å². The lowest BCUT2D eigenvalue weighted by molar-refractivity contribution is -0.131. The zero-order chi connectivity index (χ0) is 7.56. The highest BCUT2D eigenvalue weighted by Crippen LogP contribution is 2.16. The van der Waals surface area contributed by atoms with Crippen molar-refractivity contribution >= 4 is 17.3 Å². The minimum absolute atomic E-state index is 0.325. The molecule has 0 radical (unpaired) electrons. The molecule has 3 nitrogen and oxygen atoms in total. The third-order valence-corrected chi connectivity index (χ3v) is 1.66. The predicted octanol–water partition coefficient (Wildman–Crippen LogP) is 1.38. The molecule has 0 unspecified atom stereocenters. The topological polar surface area (TPSA) is 39.2 Å². The van der Waals surface area contributed by atoms with Gasteiger partial charge in [0.25, 0.3) is 5.19 Å². The number of aromatic nitrogens is 1. The van der Waals surface area contributed by atoms with Crippen LogP contribution in [0, 0.1) is 6.92 Å². The van der Waals surface area contributed by atoms with Crippen molar-refractivity contribution in [3.8, 4) is 5.19 Å². The SMILES string of the molecule is CC(=O)Oc1nc(C)cs1. The van der Waals surface area contributed by atoms with Crippen molar-refractivity contribution in [3.05, 3.63) is 11.1 Å². The number of thiazole rings is 1. The number of carbonyl (C=O) groups is 1. The Bertz CT molecular complexity index is 244. The number of hydrogen-bond acceptors (Lipinski definition) is 4. The molecule has 0 aliphatic carbocycles. The van der Waals surface area contributed by atoms with Crippen LogP contribution in [-0.4, -0.2) is 11.0 Å². The van der Waals surface area contributed by atoms with E-state index in [1.807, 2.05) is 12.3 Å². The summed E-state index contributed by atoms with van der Waals surface area (Å²) >= 11 is 1.32. The van der Waals surface area contributed by atoms with Crippen molar-refractivity contribution < 1.29 is 9.53 Å². The lowest BCUT2D eigenvalue weighted by atomic mass is 10.6. The molecule has 1 heterocycles. The summed E-state index contributed by atoms with van der Waals surface area (Å²) in [6.07, 6.45) is 0. The Balaban J connectivity index is 2.67. The molecule has 0 aromatic carbocycles. The van der Waals surface area contributed by atoms with Crippen LogP contribution in [0.2, 0.25) is 0 Å². The largest absolute Gasteiger partial charge is 0.398 e. The Morgan fingerprint density at radius 2 is 2.50 bits per heavy atom. The molecule has 0 saturated heterocycles. The second-order valence-electron chi connectivity index (χ2n) is 1.85. The molecule has 54 valence electrons. The van der Waals surface area contributed by atoms with E-state index in [2.05, 4.69) is 4.98 Å². The molecule has 0 amide bonds. The van der Waals surface area contributed by atoms with Gasteiger partial charge < -0.3 is 4.74 Å². The summed E-state index contributed by atoms with van der Waals surface area (Å²) in [5, 5.41) is 2.25. The quantitative estimate of drug-likeness (QED) is 0.578. The molecule has 1 rings (SSSR count). The van der Waals surface area contributed by atoms with Gasteiger partial charge in [-0.1, -0.05) is 11.3 Å². The Morgan fingerprint density at radius 1 is 1.80 bits per heavy atom. The van der Waals surface area contributed by atoms with E-state index in [0.29, 0.717) is 5.19 Å². The molecule has 0 fully saturated rings. The van der Waals surface area contributed by atoms with Gasteiger partial charge in [-0.25, -0.2) is 4.98 Å². The number of hydrogen-bond donors (Lipinski definition) is 0. The summed E-state index contributed by atoms with van der Waals surface area (Å²) in [4.78, 5) is 14.3. The molecule has 0 saturated carbocycles. The first kappa shape index (κ1) is 7.21. The van der Waals surface area contributed by atoms with Gasteiger partial charge in [0.1, 0.15) is 0 Å². The first-order valence-electron chi connectivity index (χ1n) is 2.79. The maximum absolute atomic E-state index is 10.4. The highest BCUT2D eigenvalue weighted by molar-refractivity contribution is 7.11. The number of carbonyl (C=O) groups excluding carboxylic acids is 1. The summed E-state index contributed by atoms with van der Waals surface area (Å²) in [6.45, 7) is 3.21. The first-order valence-corrected chi connectivity index (χ1v) is 3.67. The van der Waals surface area contributed by atoms with Gasteiger partial charge in [0.2, 0.25) is 0 Å². The average Bonchev–Trinajstić information content (AvgIpc) is 2.13. The van der Waals surface area contributed by atoms with Crippen LogP contribution in [0.15, 0.2) is 5.38 Å². The molecule has 0 atom stereocenters. The van der Waals surface area contributed by atoms with Gasteiger partial charge in [0.15, 0.2) is 0 Å². The van der Waals surface area contributed by atoms with Crippen LogP contribution in [-0.2, 0) is 4.79 Å². The van der Waals surface area contributed by atoms with Crippen LogP contribution >= 0.6 is 11.3 Å². The third kappa shape index (κ3) is 1.80. The van der Waals surface area contributed by atoms with Crippen LogP contribution in [0.3, 0.4) is 0 Å². The van der Waals surface area contributed by atoms with E-state index >= 15 is 0 Å². The molecular formula is C6H7NO2S. The molecule has 0 bridgehead atoms. The van der Waals surface area contributed by atoms with Gasteiger partial charge in [-0.2, -0.15) is 0 Å². The normalized spacial score (nSPS) is 9.40. The smallest absolute Gasteiger partial charge is 0.309 e. The van der Waals surface area contributed by atoms with Crippen molar-refractivity contribution in [2.24, 2.45) is 0 Å². The minimum Gasteiger partial charge on any atom is -0.398 e. The van der Waals surface area contributed by atoms with Gasteiger partial charge in [0.05, 0.1) is 5.69 Å². The minimum atomic E-state index is -0.325. The van der Waals surface area contributed by atoms with Crippen LogP contribution in [0.4, 0.5) is 0 Å². The van der Waals surface area contributed by atoms with E-state index in [0.717, 1.165) is 5.69 Å². The summed E-state index contributed by atoms with van der Waals surface area (Å²) in [6, 6.07) is 0. The number of ether oxygens (including phenoxy) is 1. The Kier molecular flexibility index (Phi) is 2.01. The third-order valence-electron chi connectivity index (χ3n) is 0.829. The monoisotopic (exact) mass is 157 g/mol. The summed E-state index contributed by atoms with van der Waals surface area (Å²) in [5.41, 5.74) is 0.876. The lowest BCUT2D eigenvalue weighted by Gasteiger charge is -1.90. The van der Waals surface area contributed by atoms with E-state index in [4.69, 9.17) is 4.74 Å². The van der Waals surface area contributed by atoms with E-state index in [1.54, 1.807) is 0 Å². The Morgan fingerprint density at radius 3 is 2.90 bits per heavy atom. The van der Waals surface area contributed by atoms with Gasteiger partial charge in [0, 0.05) is 12.3 Å². The van der Waals surface area contributed by atoms with Crippen molar-refractivity contribution in [1.82, 2.24) is 4.98 Å². The fourth-order valence-electron chi connectivity index (χ4n) is 0.502. The van der Waals surface area contributed by atoms with Gasteiger partial charge in [-0.3, -0.25) is 4.79 Å². The number of rotatable bonds is 1. The van der Waals surface area contributed by atoms with Gasteiger partial charge in [-0.15, -0.1) is 0 Å². The molecule has 10 heavy (non-hydrogen) atoms. The maximum Gasteiger partial charge on any atom is 0.309 e. The molecule has 0 N–H and O–H groups in total. The van der Waals surface area contributed by atoms with E-state index in [9.17, 15) is 4.79 Å². The van der Waals surface area contributed by atoms with Gasteiger partial charge in [-0.05, 0) is 6.92 Å². The van der Waals surface area contributed by atoms with Crippen molar-refractivity contribution in [1.29, 1.82) is 0 Å². The number of nitrogens with zero attached hydrogens (tertiary/aromatic N) is 1. The maximum atomic E-state index is 10.4. The first-order chi connectivity index (χ1) is 4.68. The predicted molar refractivity (Wildman–Crippen MR) is 38.2 cm³/mol. The lowest BCUT2D eigenvalue weighted by Crippen LogP contribution is -2.00. The fourth-order valence-corrected chi connectivity index (χ4v) is 1.19. The van der Waals surface area contributed by atoms with Crippen molar-refractivity contribution in [3.63, 3.8) is 0 Å². The van der Waals surface area contributed by atoms with Crippen molar-refractivity contribution in [2.45, 2.75) is 13.8 Å². The molecule has 1 aromatic rings. The molecule has 0 aliphatic rings. The fraction of sp³-hybridized carbons (Fsp3) is 0.333. The summed E-state index contributed by atoms with van der Waals surface area (Å²) in [7, 11) is 0. The van der Waals surface area contributed by atoms with Crippen LogP contribution in [0.1, 0.15) is 12.6 Å². The molecule has 4 heteroatoms. The Labute approximate surface area is 62.7 Å². The van der Waals surface area contributed by atoms with Crippen molar-refractivity contribution in [2.75, 3.05) is 0 Å². The standard InChI is InChI=1S/C6H7NO2S/c1-4-3-10-6(7-4)9-5(2)8/h3H,1-2H3. The molecule has 0 spiro atoms. The highest BCUT2D eigenvalue weighted by Gasteiger charge is 2.00. The highest BCUT2D eigenvalue weighted by atomic mass is 32.1. The van der Waals surface area contributed by atoms with E-state index < -0.39 is 0 Å². The Hall–Kier alpha value is -0.900. The van der Waals surface area contributed by atoms with E-state index in [1.165, 1.54) is 18.3 Å². The zero-order valence-corrected chi connectivity index (χ0v) is 6.57.